The molecule has 1 atom stereocenters. The Morgan fingerprint density at radius 1 is 1.57 bits per heavy atom. The van der Waals surface area contributed by atoms with Crippen molar-refractivity contribution >= 4 is 11.9 Å². The van der Waals surface area contributed by atoms with Gasteiger partial charge < -0.3 is 20.9 Å². The molecule has 0 aromatic rings. The number of nitrogens with one attached hydrogen (secondary N) is 2. The van der Waals surface area contributed by atoms with Gasteiger partial charge in [-0.15, -0.1) is 0 Å². The Labute approximate surface area is 81.6 Å². The van der Waals surface area contributed by atoms with E-state index in [1.165, 1.54) is 7.11 Å². The molecule has 5 N–H and O–H groups in total. The van der Waals surface area contributed by atoms with E-state index in [1.807, 2.05) is 5.32 Å². The van der Waals surface area contributed by atoms with Gasteiger partial charge >= 0.3 is 6.03 Å². The number of rotatable bonds is 6. The van der Waals surface area contributed by atoms with E-state index >= 15 is 0 Å². The predicted molar refractivity (Wildman–Crippen MR) is 48.5 cm³/mol. The fourth-order valence-electron chi connectivity index (χ4n) is 0.796. The van der Waals surface area contributed by atoms with Crippen LogP contribution in [0.5, 0.6) is 0 Å². The van der Waals surface area contributed by atoms with E-state index in [0.29, 0.717) is 0 Å². The minimum atomic E-state index is -0.899. The molecule has 1 unspecified atom stereocenters. The van der Waals surface area contributed by atoms with E-state index < -0.39 is 11.9 Å². The van der Waals surface area contributed by atoms with Crippen LogP contribution >= 0.6 is 0 Å². The van der Waals surface area contributed by atoms with Gasteiger partial charge in [0, 0.05) is 7.11 Å². The summed E-state index contributed by atoms with van der Waals surface area (Å²) in [5, 5.41) is 13.3. The zero-order valence-electron chi connectivity index (χ0n) is 7.95. The Morgan fingerprint density at radius 3 is 2.64 bits per heavy atom. The summed E-state index contributed by atoms with van der Waals surface area (Å²) >= 11 is 0. The highest BCUT2D eigenvalue weighted by Gasteiger charge is 2.09. The highest BCUT2D eigenvalue weighted by atomic mass is 16.5. The Morgan fingerprint density at radius 2 is 2.21 bits per heavy atom. The van der Waals surface area contributed by atoms with Gasteiger partial charge in [-0.1, -0.05) is 0 Å². The minimum Gasteiger partial charge on any atom is -0.395 e. The Bertz CT molecular complexity index is 197. The number of carbonyl (C=O) groups excluding carboxylic acids is 2. The fraction of sp³-hybridized carbons (Fsp3) is 0.714. The number of ether oxygens (including phenoxy) is 1. The maximum Gasteiger partial charge on any atom is 0.318 e. The lowest BCUT2D eigenvalue weighted by Crippen LogP contribution is -2.45. The number of hydrogen-bond donors (Lipinski definition) is 4. The predicted octanol–water partition coefficient (Wildman–Crippen LogP) is -2.22. The van der Waals surface area contributed by atoms with Crippen LogP contribution in [0.3, 0.4) is 0 Å². The van der Waals surface area contributed by atoms with Crippen LogP contribution in [-0.4, -0.2) is 50.0 Å². The van der Waals surface area contributed by atoms with Crippen LogP contribution in [-0.2, 0) is 9.53 Å². The lowest BCUT2D eigenvalue weighted by Gasteiger charge is -2.14. The summed E-state index contributed by atoms with van der Waals surface area (Å²) in [5.74, 6) is -0.549. The normalized spacial score (nSPS) is 12.1. The molecule has 7 nitrogen and oxygen atoms in total. The molecule has 0 radical (unpaired) electrons. The number of nitrogens with two attached hydrogens (primary N) is 1. The molecule has 0 fully saturated rings. The monoisotopic (exact) mass is 205 g/mol. The summed E-state index contributed by atoms with van der Waals surface area (Å²) in [4.78, 5) is 21.1. The maximum atomic E-state index is 10.9. The Balaban J connectivity index is 3.67. The second-order valence-corrected chi connectivity index (χ2v) is 2.63. The van der Waals surface area contributed by atoms with Gasteiger partial charge in [-0.2, -0.15) is 0 Å². The maximum absolute atomic E-state index is 10.9. The van der Waals surface area contributed by atoms with Gasteiger partial charge in [0.15, 0.2) is 0 Å². The van der Waals surface area contributed by atoms with Crippen molar-refractivity contribution in [1.82, 2.24) is 10.6 Å². The number of methoxy groups -OCH3 is 1. The standard InChI is InChI=1S/C7H15N3O4/c1-14-4-5(3-11)9-2-6(12)10-7(8)13/h5,9,11H,2-4H2,1H3,(H3,8,10,12,13). The van der Waals surface area contributed by atoms with Gasteiger partial charge in [0.25, 0.3) is 0 Å². The van der Waals surface area contributed by atoms with Crippen molar-refractivity contribution in [3.05, 3.63) is 0 Å². The van der Waals surface area contributed by atoms with Crippen LogP contribution < -0.4 is 16.4 Å². The van der Waals surface area contributed by atoms with Crippen molar-refractivity contribution < 1.29 is 19.4 Å². The molecule has 0 aliphatic rings. The molecule has 3 amide bonds. The van der Waals surface area contributed by atoms with Gasteiger partial charge in [-0.25, -0.2) is 4.79 Å². The second kappa shape index (κ2) is 7.25. The van der Waals surface area contributed by atoms with Crippen molar-refractivity contribution in [2.75, 3.05) is 26.9 Å². The summed E-state index contributed by atoms with van der Waals surface area (Å²) in [6, 6.07) is -1.23. The minimum absolute atomic E-state index is 0.0997. The summed E-state index contributed by atoms with van der Waals surface area (Å²) in [6.07, 6.45) is 0. The van der Waals surface area contributed by atoms with Crippen LogP contribution in [0.25, 0.3) is 0 Å². The van der Waals surface area contributed by atoms with Gasteiger partial charge in [0.1, 0.15) is 0 Å². The number of carbonyl (C=O) groups is 2. The molecule has 0 spiro atoms. The lowest BCUT2D eigenvalue weighted by atomic mass is 10.3. The zero-order valence-corrected chi connectivity index (χ0v) is 7.95. The SMILES string of the molecule is COCC(CO)NCC(=O)NC(N)=O. The number of imide groups is 1. The van der Waals surface area contributed by atoms with Crippen LogP contribution in [0.4, 0.5) is 4.79 Å². The second-order valence-electron chi connectivity index (χ2n) is 2.63. The molecule has 82 valence electrons. The molecule has 7 heteroatoms. The summed E-state index contributed by atoms with van der Waals surface area (Å²) in [6.45, 7) is 0.0234. The summed E-state index contributed by atoms with van der Waals surface area (Å²) < 4.78 is 4.76. The van der Waals surface area contributed by atoms with Crippen LogP contribution in [0.2, 0.25) is 0 Å². The van der Waals surface area contributed by atoms with Crippen molar-refractivity contribution in [2.24, 2.45) is 5.73 Å². The molecule has 0 aromatic carbocycles. The van der Waals surface area contributed by atoms with Crippen LogP contribution in [0, 0.1) is 0 Å². The Kier molecular flexibility index (Phi) is 6.63. The van der Waals surface area contributed by atoms with E-state index in [0.717, 1.165) is 0 Å². The number of aliphatic hydroxyl groups is 1. The summed E-state index contributed by atoms with van der Waals surface area (Å²) in [5.41, 5.74) is 4.72. The third-order valence-electron chi connectivity index (χ3n) is 1.40. The van der Waals surface area contributed by atoms with Gasteiger partial charge in [0.2, 0.25) is 5.91 Å². The Hall–Kier alpha value is -1.18. The molecule has 0 heterocycles. The molecule has 0 aliphatic carbocycles. The number of hydrogen-bond acceptors (Lipinski definition) is 5. The average molecular weight is 205 g/mol. The lowest BCUT2D eigenvalue weighted by molar-refractivity contribution is -0.119. The first kappa shape index (κ1) is 12.8. The average Bonchev–Trinajstić information content (AvgIpc) is 2.11. The van der Waals surface area contributed by atoms with Gasteiger partial charge in [-0.3, -0.25) is 10.1 Å². The van der Waals surface area contributed by atoms with E-state index in [1.54, 1.807) is 0 Å². The molecule has 0 rings (SSSR count). The molecule has 14 heavy (non-hydrogen) atoms. The van der Waals surface area contributed by atoms with Crippen LogP contribution in [0.15, 0.2) is 0 Å². The van der Waals surface area contributed by atoms with Crippen molar-refractivity contribution in [2.45, 2.75) is 6.04 Å². The van der Waals surface area contributed by atoms with E-state index in [2.05, 4.69) is 5.32 Å². The number of amides is 3. The third kappa shape index (κ3) is 6.35. The number of urea groups is 1. The van der Waals surface area contributed by atoms with E-state index in [9.17, 15) is 9.59 Å². The molecule has 0 aromatic heterocycles. The van der Waals surface area contributed by atoms with Crippen molar-refractivity contribution in [3.63, 3.8) is 0 Å². The first-order chi connectivity index (χ1) is 6.60. The van der Waals surface area contributed by atoms with Crippen molar-refractivity contribution in [1.29, 1.82) is 0 Å². The largest absolute Gasteiger partial charge is 0.395 e. The highest BCUT2D eigenvalue weighted by molar-refractivity contribution is 5.94. The molecule has 0 bridgehead atoms. The molecule has 0 aliphatic heterocycles. The number of aliphatic hydroxyl groups excluding tert-OH is 1. The quantitative estimate of drug-likeness (QED) is 0.392. The topological polar surface area (TPSA) is 114 Å². The molecule has 0 saturated heterocycles. The van der Waals surface area contributed by atoms with E-state index in [-0.39, 0.29) is 25.8 Å². The van der Waals surface area contributed by atoms with Crippen molar-refractivity contribution in [3.8, 4) is 0 Å². The first-order valence-corrected chi connectivity index (χ1v) is 4.02. The van der Waals surface area contributed by atoms with E-state index in [4.69, 9.17) is 15.6 Å². The fourth-order valence-corrected chi connectivity index (χ4v) is 0.796. The summed E-state index contributed by atoms with van der Waals surface area (Å²) in [7, 11) is 1.48. The zero-order chi connectivity index (χ0) is 11.0. The molecule has 0 saturated carbocycles. The molecular weight excluding hydrogens is 190 g/mol. The number of primary amides is 1. The van der Waals surface area contributed by atoms with Gasteiger partial charge in [0.05, 0.1) is 25.8 Å². The van der Waals surface area contributed by atoms with Gasteiger partial charge in [-0.05, 0) is 0 Å². The molecular formula is C7H15N3O4. The smallest absolute Gasteiger partial charge is 0.318 e. The highest BCUT2D eigenvalue weighted by Crippen LogP contribution is 1.82. The first-order valence-electron chi connectivity index (χ1n) is 4.02. The third-order valence-corrected chi connectivity index (χ3v) is 1.40. The van der Waals surface area contributed by atoms with Crippen LogP contribution in [0.1, 0.15) is 0 Å².